The zero-order valence-electron chi connectivity index (χ0n) is 12.2. The molecular formula is C15H24N2O2. The molecule has 1 rings (SSSR count). The molecule has 0 radical (unpaired) electrons. The largest absolute Gasteiger partial charge is 0.444 e. The van der Waals surface area contributed by atoms with Gasteiger partial charge in [-0.2, -0.15) is 0 Å². The van der Waals surface area contributed by atoms with Gasteiger partial charge in [-0.05, 0) is 33.3 Å². The van der Waals surface area contributed by atoms with Gasteiger partial charge in [0.2, 0.25) is 0 Å². The molecule has 4 nitrogen and oxygen atoms in total. The van der Waals surface area contributed by atoms with E-state index in [1.165, 1.54) is 5.56 Å². The summed E-state index contributed by atoms with van der Waals surface area (Å²) in [6, 6.07) is 10.5. The minimum atomic E-state index is -0.450. The quantitative estimate of drug-likeness (QED) is 0.804. The van der Waals surface area contributed by atoms with E-state index in [0.717, 1.165) is 0 Å². The molecule has 0 saturated heterocycles. The lowest BCUT2D eigenvalue weighted by molar-refractivity contribution is 0.0528. The second kappa shape index (κ2) is 7.14. The predicted octanol–water partition coefficient (Wildman–Crippen LogP) is 2.86. The Morgan fingerprint density at radius 1 is 1.21 bits per heavy atom. The van der Waals surface area contributed by atoms with Crippen molar-refractivity contribution < 1.29 is 9.53 Å². The van der Waals surface area contributed by atoms with Crippen LogP contribution in [0.1, 0.15) is 39.3 Å². The average Bonchev–Trinajstić information content (AvgIpc) is 2.33. The van der Waals surface area contributed by atoms with E-state index in [0.29, 0.717) is 13.1 Å². The first-order valence-corrected chi connectivity index (χ1v) is 6.63. The molecule has 1 atom stereocenters. The fourth-order valence-electron chi connectivity index (χ4n) is 1.63. The second-order valence-electron chi connectivity index (χ2n) is 5.52. The van der Waals surface area contributed by atoms with E-state index in [-0.39, 0.29) is 12.1 Å². The van der Waals surface area contributed by atoms with Gasteiger partial charge in [0.1, 0.15) is 5.60 Å². The van der Waals surface area contributed by atoms with Crippen molar-refractivity contribution >= 4 is 6.09 Å². The fourth-order valence-corrected chi connectivity index (χ4v) is 1.63. The Labute approximate surface area is 115 Å². The van der Waals surface area contributed by atoms with Gasteiger partial charge in [0.15, 0.2) is 0 Å². The van der Waals surface area contributed by atoms with Crippen molar-refractivity contribution in [3.05, 3.63) is 35.9 Å². The van der Waals surface area contributed by atoms with Crippen LogP contribution in [-0.4, -0.2) is 24.8 Å². The third-order valence-electron chi connectivity index (χ3n) is 2.54. The number of rotatable bonds is 5. The molecule has 2 N–H and O–H groups in total. The number of carbonyl (C=O) groups excluding carboxylic acids is 1. The first-order chi connectivity index (χ1) is 8.88. The lowest BCUT2D eigenvalue weighted by Crippen LogP contribution is -2.36. The van der Waals surface area contributed by atoms with Crippen molar-refractivity contribution in [3.63, 3.8) is 0 Å². The normalized spacial score (nSPS) is 12.8. The van der Waals surface area contributed by atoms with Crippen LogP contribution in [0.5, 0.6) is 0 Å². The van der Waals surface area contributed by atoms with Crippen molar-refractivity contribution in [2.75, 3.05) is 13.1 Å². The van der Waals surface area contributed by atoms with Crippen LogP contribution in [0.3, 0.4) is 0 Å². The minimum absolute atomic E-state index is 0.265. The van der Waals surface area contributed by atoms with E-state index >= 15 is 0 Å². The number of hydrogen-bond acceptors (Lipinski definition) is 3. The topological polar surface area (TPSA) is 50.4 Å². The highest BCUT2D eigenvalue weighted by Gasteiger charge is 2.15. The fraction of sp³-hybridized carbons (Fsp3) is 0.533. The highest BCUT2D eigenvalue weighted by atomic mass is 16.6. The molecule has 4 heteroatoms. The summed E-state index contributed by atoms with van der Waals surface area (Å²) in [5, 5.41) is 6.07. The van der Waals surface area contributed by atoms with Crippen molar-refractivity contribution in [2.45, 2.75) is 39.3 Å². The van der Waals surface area contributed by atoms with Gasteiger partial charge in [-0.25, -0.2) is 4.79 Å². The molecule has 0 aliphatic rings. The minimum Gasteiger partial charge on any atom is -0.444 e. The average molecular weight is 264 g/mol. The molecule has 0 aliphatic heterocycles. The molecular weight excluding hydrogens is 240 g/mol. The standard InChI is InChI=1S/C15H24N2O2/c1-12(13-8-6-5-7-9-13)16-10-11-17-14(18)19-15(2,3)4/h5-9,12,16H,10-11H2,1-4H3,(H,17,18)/t12-/m0/s1. The van der Waals surface area contributed by atoms with E-state index < -0.39 is 5.60 Å². The van der Waals surface area contributed by atoms with Crippen LogP contribution in [-0.2, 0) is 4.74 Å². The number of carbonyl (C=O) groups is 1. The van der Waals surface area contributed by atoms with Crippen LogP contribution in [0.15, 0.2) is 30.3 Å². The Morgan fingerprint density at radius 3 is 2.42 bits per heavy atom. The Bertz CT molecular complexity index is 385. The zero-order chi connectivity index (χ0) is 14.3. The van der Waals surface area contributed by atoms with Gasteiger partial charge in [0.05, 0.1) is 0 Å². The molecule has 0 saturated carbocycles. The Morgan fingerprint density at radius 2 is 1.84 bits per heavy atom. The van der Waals surface area contributed by atoms with Gasteiger partial charge in [0, 0.05) is 19.1 Å². The molecule has 0 aromatic heterocycles. The van der Waals surface area contributed by atoms with E-state index in [1.807, 2.05) is 39.0 Å². The molecule has 0 aliphatic carbocycles. The molecule has 0 spiro atoms. The summed E-state index contributed by atoms with van der Waals surface area (Å²) in [6.45, 7) is 8.90. The van der Waals surface area contributed by atoms with Gasteiger partial charge >= 0.3 is 6.09 Å². The maximum absolute atomic E-state index is 11.4. The molecule has 1 amide bonds. The second-order valence-corrected chi connectivity index (χ2v) is 5.52. The van der Waals surface area contributed by atoms with Crippen LogP contribution in [0.2, 0.25) is 0 Å². The summed E-state index contributed by atoms with van der Waals surface area (Å²) in [5.41, 5.74) is 0.786. The summed E-state index contributed by atoms with van der Waals surface area (Å²) in [5.74, 6) is 0. The lowest BCUT2D eigenvalue weighted by atomic mass is 10.1. The maximum atomic E-state index is 11.4. The highest BCUT2D eigenvalue weighted by Crippen LogP contribution is 2.10. The number of hydrogen-bond donors (Lipinski definition) is 2. The first-order valence-electron chi connectivity index (χ1n) is 6.63. The van der Waals surface area contributed by atoms with Crippen LogP contribution < -0.4 is 10.6 Å². The first kappa shape index (κ1) is 15.5. The van der Waals surface area contributed by atoms with Crippen LogP contribution in [0.25, 0.3) is 0 Å². The summed E-state index contributed by atoms with van der Waals surface area (Å²) in [4.78, 5) is 11.4. The Kier molecular flexibility index (Phi) is 5.83. The number of amides is 1. The summed E-state index contributed by atoms with van der Waals surface area (Å²) in [6.07, 6.45) is -0.373. The zero-order valence-corrected chi connectivity index (χ0v) is 12.2. The molecule has 0 fully saturated rings. The van der Waals surface area contributed by atoms with Crippen LogP contribution in [0.4, 0.5) is 4.79 Å². The summed E-state index contributed by atoms with van der Waals surface area (Å²) < 4.78 is 5.15. The summed E-state index contributed by atoms with van der Waals surface area (Å²) >= 11 is 0. The van der Waals surface area contributed by atoms with Crippen molar-refractivity contribution in [3.8, 4) is 0 Å². The number of ether oxygens (including phenoxy) is 1. The maximum Gasteiger partial charge on any atom is 0.407 e. The van der Waals surface area contributed by atoms with Crippen molar-refractivity contribution in [2.24, 2.45) is 0 Å². The molecule has 19 heavy (non-hydrogen) atoms. The molecule has 0 heterocycles. The predicted molar refractivity (Wildman–Crippen MR) is 77.1 cm³/mol. The van der Waals surface area contributed by atoms with Gasteiger partial charge in [-0.1, -0.05) is 30.3 Å². The van der Waals surface area contributed by atoms with E-state index in [2.05, 4.69) is 29.7 Å². The number of benzene rings is 1. The Balaban J connectivity index is 2.19. The summed E-state index contributed by atoms with van der Waals surface area (Å²) in [7, 11) is 0. The molecule has 0 unspecified atom stereocenters. The van der Waals surface area contributed by atoms with Crippen LogP contribution >= 0.6 is 0 Å². The SMILES string of the molecule is C[C@H](NCCNC(=O)OC(C)(C)C)c1ccccc1. The highest BCUT2D eigenvalue weighted by molar-refractivity contribution is 5.67. The number of nitrogens with one attached hydrogen (secondary N) is 2. The molecule has 106 valence electrons. The smallest absolute Gasteiger partial charge is 0.407 e. The molecule has 0 bridgehead atoms. The van der Waals surface area contributed by atoms with Crippen LogP contribution in [0, 0.1) is 0 Å². The third-order valence-corrected chi connectivity index (χ3v) is 2.54. The molecule has 1 aromatic carbocycles. The van der Waals surface area contributed by atoms with Gasteiger partial charge in [-0.3, -0.25) is 0 Å². The van der Waals surface area contributed by atoms with Crippen molar-refractivity contribution in [1.29, 1.82) is 0 Å². The monoisotopic (exact) mass is 264 g/mol. The number of alkyl carbamates (subject to hydrolysis) is 1. The Hall–Kier alpha value is -1.55. The van der Waals surface area contributed by atoms with E-state index in [4.69, 9.17) is 4.74 Å². The molecule has 1 aromatic rings. The van der Waals surface area contributed by atoms with Crippen molar-refractivity contribution in [1.82, 2.24) is 10.6 Å². The third kappa shape index (κ3) is 6.82. The van der Waals surface area contributed by atoms with E-state index in [1.54, 1.807) is 0 Å². The van der Waals surface area contributed by atoms with Gasteiger partial charge < -0.3 is 15.4 Å². The lowest BCUT2D eigenvalue weighted by Gasteiger charge is -2.20. The van der Waals surface area contributed by atoms with Gasteiger partial charge in [0.25, 0.3) is 0 Å². The van der Waals surface area contributed by atoms with Gasteiger partial charge in [-0.15, -0.1) is 0 Å². The van der Waals surface area contributed by atoms with E-state index in [9.17, 15) is 4.79 Å².